The van der Waals surface area contributed by atoms with Crippen LogP contribution in [0.4, 0.5) is 0 Å². The predicted molar refractivity (Wildman–Crippen MR) is 102 cm³/mol. The summed E-state index contributed by atoms with van der Waals surface area (Å²) >= 11 is 0. The summed E-state index contributed by atoms with van der Waals surface area (Å²) in [5.41, 5.74) is 4.29. The van der Waals surface area contributed by atoms with Crippen molar-refractivity contribution >= 4 is 10.9 Å². The fourth-order valence-electron chi connectivity index (χ4n) is 3.25. The summed E-state index contributed by atoms with van der Waals surface area (Å²) < 4.78 is 11.6. The topological polar surface area (TPSA) is 80.3 Å². The van der Waals surface area contributed by atoms with Gasteiger partial charge in [-0.15, -0.1) is 0 Å². The zero-order chi connectivity index (χ0) is 18.2. The van der Waals surface area contributed by atoms with Crippen LogP contribution in [0, 0.1) is 0 Å². The number of hydrogen-bond acceptors (Lipinski definition) is 5. The Morgan fingerprint density at radius 1 is 1.00 bits per heavy atom. The molecule has 0 fully saturated rings. The van der Waals surface area contributed by atoms with Crippen molar-refractivity contribution in [1.29, 1.82) is 0 Å². The zero-order valence-corrected chi connectivity index (χ0v) is 14.4. The number of aliphatic hydroxyl groups excluding tert-OH is 1. The summed E-state index contributed by atoms with van der Waals surface area (Å²) in [5.74, 6) is 1.35. The molecular weight excluding hydrogens is 342 g/mol. The Labute approximate surface area is 155 Å². The number of para-hydroxylation sites is 1. The molecule has 3 heterocycles. The number of hydrogen-bond donors (Lipinski definition) is 2. The Morgan fingerprint density at radius 2 is 1.89 bits per heavy atom. The predicted octanol–water partition coefficient (Wildman–Crippen LogP) is 3.42. The van der Waals surface area contributed by atoms with Gasteiger partial charge in [0.05, 0.1) is 17.4 Å². The third-order valence-corrected chi connectivity index (χ3v) is 4.59. The van der Waals surface area contributed by atoms with Crippen molar-refractivity contribution in [3.8, 4) is 34.0 Å². The number of aliphatic hydroxyl groups is 1. The first-order valence-corrected chi connectivity index (χ1v) is 8.75. The minimum absolute atomic E-state index is 0.135. The van der Waals surface area contributed by atoms with Crippen molar-refractivity contribution in [2.24, 2.45) is 0 Å². The van der Waals surface area contributed by atoms with E-state index < -0.39 is 6.10 Å². The molecule has 2 aromatic heterocycles. The molecule has 0 radical (unpaired) electrons. The maximum Gasteiger partial charge on any atom is 0.128 e. The maximum absolute atomic E-state index is 10.2. The summed E-state index contributed by atoms with van der Waals surface area (Å²) in [6.07, 6.45) is 1.03. The molecule has 0 saturated carbocycles. The van der Waals surface area contributed by atoms with Gasteiger partial charge in [-0.2, -0.15) is 5.10 Å². The molecule has 1 unspecified atom stereocenters. The molecule has 0 saturated heterocycles. The Balaban J connectivity index is 1.74. The second-order valence-electron chi connectivity index (χ2n) is 6.49. The van der Waals surface area contributed by atoms with E-state index in [-0.39, 0.29) is 13.2 Å². The number of nitrogens with one attached hydrogen (secondary N) is 1. The highest BCUT2D eigenvalue weighted by Crippen LogP contribution is 2.34. The van der Waals surface area contributed by atoms with Gasteiger partial charge in [-0.3, -0.25) is 10.1 Å². The number of nitrogens with zero attached hydrogens (tertiary/aromatic N) is 2. The molecule has 4 bridgehead atoms. The van der Waals surface area contributed by atoms with E-state index in [4.69, 9.17) is 9.47 Å². The standard InChI is InChI=1S/C21H17N3O3/c25-14-11-26-15-5-3-4-13(8-15)21-17-9-18(22-10-19(17)23-24-21)16-6-1-2-7-20(16)27-12-14/h1-10,14,25H,11-12H2,(H,23,24). The van der Waals surface area contributed by atoms with Crippen LogP contribution in [0.2, 0.25) is 0 Å². The van der Waals surface area contributed by atoms with Crippen LogP contribution in [0.5, 0.6) is 11.5 Å². The molecule has 6 nitrogen and oxygen atoms in total. The van der Waals surface area contributed by atoms with Crippen LogP contribution in [0.25, 0.3) is 33.4 Å². The third kappa shape index (κ3) is 2.90. The monoisotopic (exact) mass is 359 g/mol. The van der Waals surface area contributed by atoms with E-state index in [2.05, 4.69) is 15.2 Å². The largest absolute Gasteiger partial charge is 0.491 e. The average Bonchev–Trinajstić information content (AvgIpc) is 3.14. The summed E-state index contributed by atoms with van der Waals surface area (Å²) in [7, 11) is 0. The van der Waals surface area contributed by atoms with E-state index in [0.29, 0.717) is 11.5 Å². The zero-order valence-electron chi connectivity index (χ0n) is 14.4. The molecular formula is C21H17N3O3. The molecule has 4 aromatic rings. The fraction of sp³-hybridized carbons (Fsp3) is 0.143. The van der Waals surface area contributed by atoms with Gasteiger partial charge in [-0.05, 0) is 30.3 Å². The smallest absolute Gasteiger partial charge is 0.128 e. The highest BCUT2D eigenvalue weighted by Gasteiger charge is 2.16. The van der Waals surface area contributed by atoms with Gasteiger partial charge in [-0.25, -0.2) is 0 Å². The van der Waals surface area contributed by atoms with E-state index in [1.165, 1.54) is 0 Å². The van der Waals surface area contributed by atoms with E-state index in [9.17, 15) is 5.11 Å². The molecule has 134 valence electrons. The van der Waals surface area contributed by atoms with Crippen molar-refractivity contribution < 1.29 is 14.6 Å². The van der Waals surface area contributed by atoms with Gasteiger partial charge in [0.2, 0.25) is 0 Å². The molecule has 2 N–H and O–H groups in total. The van der Waals surface area contributed by atoms with E-state index >= 15 is 0 Å². The van der Waals surface area contributed by atoms with Crippen molar-refractivity contribution in [2.45, 2.75) is 6.10 Å². The molecule has 0 spiro atoms. The third-order valence-electron chi connectivity index (χ3n) is 4.59. The molecule has 1 aliphatic heterocycles. The summed E-state index contributed by atoms with van der Waals surface area (Å²) in [6, 6.07) is 17.4. The van der Waals surface area contributed by atoms with Crippen LogP contribution < -0.4 is 9.47 Å². The van der Waals surface area contributed by atoms with Crippen LogP contribution >= 0.6 is 0 Å². The summed E-state index contributed by atoms with van der Waals surface area (Å²) in [4.78, 5) is 4.56. The minimum Gasteiger partial charge on any atom is -0.491 e. The van der Waals surface area contributed by atoms with Crippen LogP contribution in [0.3, 0.4) is 0 Å². The van der Waals surface area contributed by atoms with E-state index in [1.54, 1.807) is 6.20 Å². The molecule has 0 aliphatic carbocycles. The van der Waals surface area contributed by atoms with Crippen LogP contribution in [-0.4, -0.2) is 39.6 Å². The van der Waals surface area contributed by atoms with Crippen molar-refractivity contribution in [3.63, 3.8) is 0 Å². The fourth-order valence-corrected chi connectivity index (χ4v) is 3.25. The first kappa shape index (κ1) is 15.8. The maximum atomic E-state index is 10.2. The molecule has 6 heteroatoms. The van der Waals surface area contributed by atoms with Gasteiger partial charge in [0, 0.05) is 16.5 Å². The Morgan fingerprint density at radius 3 is 2.85 bits per heavy atom. The van der Waals surface area contributed by atoms with E-state index in [0.717, 1.165) is 33.4 Å². The van der Waals surface area contributed by atoms with Gasteiger partial charge < -0.3 is 14.6 Å². The molecule has 5 rings (SSSR count). The van der Waals surface area contributed by atoms with Crippen molar-refractivity contribution in [3.05, 3.63) is 60.8 Å². The molecule has 27 heavy (non-hydrogen) atoms. The van der Waals surface area contributed by atoms with E-state index in [1.807, 2.05) is 54.6 Å². The van der Waals surface area contributed by atoms with Gasteiger partial charge >= 0.3 is 0 Å². The normalized spacial score (nSPS) is 16.3. The summed E-state index contributed by atoms with van der Waals surface area (Å²) in [5, 5.41) is 18.7. The lowest BCUT2D eigenvalue weighted by Crippen LogP contribution is -2.25. The van der Waals surface area contributed by atoms with Crippen LogP contribution in [-0.2, 0) is 0 Å². The first-order chi connectivity index (χ1) is 13.3. The Bertz CT molecular complexity index is 1120. The lowest BCUT2D eigenvalue weighted by molar-refractivity contribution is 0.0628. The quantitative estimate of drug-likeness (QED) is 0.503. The van der Waals surface area contributed by atoms with Crippen molar-refractivity contribution in [2.75, 3.05) is 13.2 Å². The lowest BCUT2D eigenvalue weighted by Gasteiger charge is -2.16. The van der Waals surface area contributed by atoms with Gasteiger partial charge in [0.1, 0.15) is 36.5 Å². The Hall–Kier alpha value is -3.38. The average molecular weight is 359 g/mol. The number of ether oxygens (including phenoxy) is 2. The lowest BCUT2D eigenvalue weighted by atomic mass is 10.0. The molecule has 2 aromatic carbocycles. The molecule has 1 aliphatic rings. The minimum atomic E-state index is -0.749. The number of rotatable bonds is 0. The van der Waals surface area contributed by atoms with Crippen molar-refractivity contribution in [1.82, 2.24) is 15.2 Å². The molecule has 1 atom stereocenters. The summed E-state index contributed by atoms with van der Waals surface area (Å²) in [6.45, 7) is 0.279. The van der Waals surface area contributed by atoms with Crippen LogP contribution in [0.1, 0.15) is 0 Å². The number of fused-ring (bicyclic) bond motifs is 6. The highest BCUT2D eigenvalue weighted by atomic mass is 16.5. The SMILES string of the molecule is OC1COc2cccc(c2)-c2n[nH]c3cnc(cc23)-c2ccccc2OC1. The highest BCUT2D eigenvalue weighted by molar-refractivity contribution is 5.95. The molecule has 0 amide bonds. The number of aromatic amines is 1. The second kappa shape index (κ2) is 6.41. The number of aromatic nitrogens is 3. The van der Waals surface area contributed by atoms with Gasteiger partial charge in [0.25, 0.3) is 0 Å². The number of H-pyrrole nitrogens is 1. The van der Waals surface area contributed by atoms with Gasteiger partial charge in [0.15, 0.2) is 0 Å². The second-order valence-corrected chi connectivity index (χ2v) is 6.49. The van der Waals surface area contributed by atoms with Gasteiger partial charge in [-0.1, -0.05) is 24.3 Å². The number of pyridine rings is 1. The van der Waals surface area contributed by atoms with Crippen LogP contribution in [0.15, 0.2) is 60.8 Å². The number of benzene rings is 2. The first-order valence-electron chi connectivity index (χ1n) is 8.75. The Kier molecular flexibility index (Phi) is 3.76.